The molecule has 0 fully saturated rings. The van der Waals surface area contributed by atoms with Crippen molar-refractivity contribution >= 4 is 8.07 Å². The van der Waals surface area contributed by atoms with Gasteiger partial charge >= 0.3 is 0 Å². The molecule has 0 aliphatic rings. The maximum Gasteiger partial charge on any atom is 0.0701 e. The van der Waals surface area contributed by atoms with Crippen molar-refractivity contribution in [1.29, 1.82) is 0 Å². The Kier molecular flexibility index (Phi) is 9.39. The van der Waals surface area contributed by atoms with Gasteiger partial charge in [0.25, 0.3) is 0 Å². The third-order valence-electron chi connectivity index (χ3n) is 2.02. The Morgan fingerprint density at radius 1 is 0.800 bits per heavy atom. The van der Waals surface area contributed by atoms with Crippen LogP contribution in [0.4, 0.5) is 0 Å². The van der Waals surface area contributed by atoms with Crippen LogP contribution in [-0.4, -0.2) is 48.2 Å². The highest BCUT2D eigenvalue weighted by Crippen LogP contribution is 2.10. The predicted molar refractivity (Wildman–Crippen MR) is 66.3 cm³/mol. The number of hydrogen-bond donors (Lipinski definition) is 0. The summed E-state index contributed by atoms with van der Waals surface area (Å²) in [6.45, 7) is 10.7. The molecule has 15 heavy (non-hydrogen) atoms. The van der Waals surface area contributed by atoms with E-state index in [0.717, 1.165) is 6.61 Å². The fraction of sp³-hybridized carbons (Fsp3) is 1.00. The van der Waals surface area contributed by atoms with Crippen LogP contribution < -0.4 is 0 Å². The van der Waals surface area contributed by atoms with Gasteiger partial charge in [0.2, 0.25) is 0 Å². The van der Waals surface area contributed by atoms with Crippen LogP contribution in [0.25, 0.3) is 0 Å². The van der Waals surface area contributed by atoms with Crippen LogP contribution in [0.15, 0.2) is 0 Å². The molecule has 0 aliphatic carbocycles. The first-order valence-electron chi connectivity index (χ1n) is 5.71. The molecule has 3 nitrogen and oxygen atoms in total. The lowest BCUT2D eigenvalue weighted by Crippen LogP contribution is -2.19. The van der Waals surface area contributed by atoms with Gasteiger partial charge < -0.3 is 14.2 Å². The van der Waals surface area contributed by atoms with Gasteiger partial charge in [-0.2, -0.15) is 0 Å². The van der Waals surface area contributed by atoms with Crippen molar-refractivity contribution in [3.63, 3.8) is 0 Å². The summed E-state index contributed by atoms with van der Waals surface area (Å²) in [6, 6.07) is 1.34. The third-order valence-corrected chi connectivity index (χ3v) is 3.87. The zero-order valence-corrected chi connectivity index (χ0v) is 11.7. The first-order valence-corrected chi connectivity index (χ1v) is 9.41. The molecule has 0 aromatic carbocycles. The summed E-state index contributed by atoms with van der Waals surface area (Å²) in [5, 5.41) is 0. The van der Waals surface area contributed by atoms with Gasteiger partial charge in [0.1, 0.15) is 0 Å². The van der Waals surface area contributed by atoms with Crippen molar-refractivity contribution in [3.05, 3.63) is 0 Å². The van der Waals surface area contributed by atoms with Gasteiger partial charge in [0, 0.05) is 21.8 Å². The van der Waals surface area contributed by atoms with Crippen molar-refractivity contribution in [2.24, 2.45) is 0 Å². The fourth-order valence-electron chi connectivity index (χ4n) is 1.17. The van der Waals surface area contributed by atoms with Crippen molar-refractivity contribution in [2.45, 2.75) is 32.1 Å². The zero-order chi connectivity index (χ0) is 11.6. The summed E-state index contributed by atoms with van der Waals surface area (Å²) in [6.07, 6.45) is 1.19. The van der Waals surface area contributed by atoms with Gasteiger partial charge in [-0.05, 0) is 6.42 Å². The molecule has 0 spiro atoms. The average Bonchev–Trinajstić information content (AvgIpc) is 2.14. The smallest absolute Gasteiger partial charge is 0.0701 e. The molecule has 0 N–H and O–H groups in total. The van der Waals surface area contributed by atoms with Crippen LogP contribution in [-0.2, 0) is 14.2 Å². The molecular weight excluding hydrogens is 208 g/mol. The highest BCUT2D eigenvalue weighted by atomic mass is 28.3. The zero-order valence-electron chi connectivity index (χ0n) is 10.7. The monoisotopic (exact) mass is 234 g/mol. The molecule has 0 saturated heterocycles. The molecule has 0 aromatic heterocycles. The van der Waals surface area contributed by atoms with E-state index >= 15 is 0 Å². The summed E-state index contributed by atoms with van der Waals surface area (Å²) >= 11 is 0. The quantitative estimate of drug-likeness (QED) is 0.429. The van der Waals surface area contributed by atoms with Crippen LogP contribution >= 0.6 is 0 Å². The molecule has 0 unspecified atom stereocenters. The Morgan fingerprint density at radius 3 is 1.87 bits per heavy atom. The Labute approximate surface area is 95.1 Å². The third kappa shape index (κ3) is 14.1. The van der Waals surface area contributed by atoms with E-state index in [2.05, 4.69) is 19.6 Å². The Morgan fingerprint density at radius 2 is 1.33 bits per heavy atom. The largest absolute Gasteiger partial charge is 0.382 e. The molecule has 0 bridgehead atoms. The van der Waals surface area contributed by atoms with E-state index in [1.807, 2.05) is 0 Å². The van der Waals surface area contributed by atoms with Crippen molar-refractivity contribution < 1.29 is 14.2 Å². The summed E-state index contributed by atoms with van der Waals surface area (Å²) in [4.78, 5) is 0. The molecule has 0 aliphatic heterocycles. The average molecular weight is 234 g/mol. The van der Waals surface area contributed by atoms with Crippen LogP contribution in [0.1, 0.15) is 6.42 Å². The highest BCUT2D eigenvalue weighted by molar-refractivity contribution is 6.76. The summed E-state index contributed by atoms with van der Waals surface area (Å²) in [7, 11) is 0.806. The van der Waals surface area contributed by atoms with Crippen molar-refractivity contribution in [3.8, 4) is 0 Å². The molecule has 4 heteroatoms. The topological polar surface area (TPSA) is 27.7 Å². The highest BCUT2D eigenvalue weighted by Gasteiger charge is 2.11. The fourth-order valence-corrected chi connectivity index (χ4v) is 2.37. The molecule has 0 saturated carbocycles. The molecule has 0 rings (SSSR count). The van der Waals surface area contributed by atoms with Crippen molar-refractivity contribution in [1.82, 2.24) is 0 Å². The molecule has 0 amide bonds. The second kappa shape index (κ2) is 9.33. The molecule has 0 atom stereocenters. The first kappa shape index (κ1) is 15.1. The van der Waals surface area contributed by atoms with E-state index in [9.17, 15) is 0 Å². The maximum atomic E-state index is 5.47. The van der Waals surface area contributed by atoms with Gasteiger partial charge in [-0.25, -0.2) is 0 Å². The first-order chi connectivity index (χ1) is 7.06. The normalized spacial score (nSPS) is 12.0. The van der Waals surface area contributed by atoms with Gasteiger partial charge in [0.15, 0.2) is 0 Å². The van der Waals surface area contributed by atoms with Gasteiger partial charge in [-0.3, -0.25) is 0 Å². The molecule has 92 valence electrons. The van der Waals surface area contributed by atoms with Crippen LogP contribution in [0.2, 0.25) is 25.7 Å². The lowest BCUT2D eigenvalue weighted by atomic mass is 10.5. The Bertz CT molecular complexity index is 134. The number of rotatable bonds is 10. The lowest BCUT2D eigenvalue weighted by Gasteiger charge is -2.15. The van der Waals surface area contributed by atoms with E-state index in [1.54, 1.807) is 7.11 Å². The second-order valence-corrected chi connectivity index (χ2v) is 10.5. The summed E-state index contributed by atoms with van der Waals surface area (Å²) in [5.74, 6) is 0. The minimum atomic E-state index is -0.871. The minimum absolute atomic E-state index is 0.661. The SMILES string of the molecule is COCCOCCOCCC[Si](C)(C)C. The Balaban J connectivity index is 2.99. The van der Waals surface area contributed by atoms with Crippen molar-refractivity contribution in [2.75, 3.05) is 40.1 Å². The maximum absolute atomic E-state index is 5.47. The standard InChI is InChI=1S/C11H26O3Si/c1-12-7-8-14-10-9-13-6-5-11-15(2,3)4/h5-11H2,1-4H3. The molecule has 0 heterocycles. The van der Waals surface area contributed by atoms with E-state index < -0.39 is 8.07 Å². The Hall–Kier alpha value is 0.0969. The lowest BCUT2D eigenvalue weighted by molar-refractivity contribution is 0.0249. The van der Waals surface area contributed by atoms with Crippen LogP contribution in [0.3, 0.4) is 0 Å². The number of methoxy groups -OCH3 is 1. The summed E-state index contributed by atoms with van der Waals surface area (Å²) in [5.41, 5.74) is 0. The van der Waals surface area contributed by atoms with Gasteiger partial charge in [-0.15, -0.1) is 0 Å². The molecular formula is C11H26O3Si. The van der Waals surface area contributed by atoms with E-state index in [-0.39, 0.29) is 0 Å². The minimum Gasteiger partial charge on any atom is -0.382 e. The second-order valence-electron chi connectivity index (χ2n) is 4.88. The predicted octanol–water partition coefficient (Wildman–Crippen LogP) is 2.39. The van der Waals surface area contributed by atoms with E-state index in [1.165, 1.54) is 12.5 Å². The number of hydrogen-bond acceptors (Lipinski definition) is 3. The summed E-state index contributed by atoms with van der Waals surface area (Å²) < 4.78 is 15.6. The van der Waals surface area contributed by atoms with Crippen LogP contribution in [0, 0.1) is 0 Å². The molecule has 0 radical (unpaired) electrons. The van der Waals surface area contributed by atoms with E-state index in [4.69, 9.17) is 14.2 Å². The molecule has 0 aromatic rings. The van der Waals surface area contributed by atoms with Gasteiger partial charge in [0.05, 0.1) is 26.4 Å². The van der Waals surface area contributed by atoms with Gasteiger partial charge in [-0.1, -0.05) is 25.7 Å². The van der Waals surface area contributed by atoms with E-state index in [0.29, 0.717) is 26.4 Å². The number of ether oxygens (including phenoxy) is 3. The van der Waals surface area contributed by atoms with Crippen LogP contribution in [0.5, 0.6) is 0 Å².